The Kier molecular flexibility index (Phi) is 6.93. The zero-order chi connectivity index (χ0) is 22.7. The Morgan fingerprint density at radius 1 is 1.28 bits per heavy atom. The minimum Gasteiger partial charge on any atom is -0.493 e. The molecule has 0 saturated carbocycles. The first-order valence-electron chi connectivity index (χ1n) is 10.3. The molecule has 0 aliphatic carbocycles. The molecule has 2 aliphatic rings. The Morgan fingerprint density at radius 2 is 2.09 bits per heavy atom. The summed E-state index contributed by atoms with van der Waals surface area (Å²) in [5.41, 5.74) is 2.07. The van der Waals surface area contributed by atoms with Gasteiger partial charge in [-0.3, -0.25) is 9.69 Å². The van der Waals surface area contributed by atoms with Gasteiger partial charge in [-0.2, -0.15) is 0 Å². The molecule has 1 amide bonds. The van der Waals surface area contributed by atoms with Crippen LogP contribution in [0.25, 0.3) is 6.08 Å². The largest absolute Gasteiger partial charge is 0.493 e. The number of thioether (sulfide) groups is 1. The van der Waals surface area contributed by atoms with Gasteiger partial charge in [-0.25, -0.2) is 4.79 Å². The minimum atomic E-state index is -0.454. The molecular weight excluding hydrogens is 446 g/mol. The molecular formula is C24H23NO5S2. The van der Waals surface area contributed by atoms with Crippen LogP contribution in [0.1, 0.15) is 34.3 Å². The average molecular weight is 470 g/mol. The van der Waals surface area contributed by atoms with E-state index in [1.165, 1.54) is 18.9 Å². The van der Waals surface area contributed by atoms with Crippen molar-refractivity contribution in [2.45, 2.75) is 25.9 Å². The van der Waals surface area contributed by atoms with E-state index >= 15 is 0 Å². The van der Waals surface area contributed by atoms with Crippen molar-refractivity contribution in [1.82, 2.24) is 4.90 Å². The Bertz CT molecular complexity index is 1090. The smallest absolute Gasteiger partial charge is 0.343 e. The Balaban J connectivity index is 1.50. The van der Waals surface area contributed by atoms with Crippen molar-refractivity contribution in [3.63, 3.8) is 0 Å². The second-order valence-electron chi connectivity index (χ2n) is 7.54. The summed E-state index contributed by atoms with van der Waals surface area (Å²) < 4.78 is 17.2. The van der Waals surface area contributed by atoms with Gasteiger partial charge in [0.2, 0.25) is 0 Å². The molecule has 8 heteroatoms. The van der Waals surface area contributed by atoms with Crippen LogP contribution in [-0.4, -0.2) is 47.5 Å². The second-order valence-corrected chi connectivity index (χ2v) is 9.22. The summed E-state index contributed by atoms with van der Waals surface area (Å²) in [5, 5.41) is 0. The first kappa shape index (κ1) is 22.5. The van der Waals surface area contributed by atoms with Crippen LogP contribution in [0.15, 0.2) is 47.4 Å². The molecule has 1 unspecified atom stereocenters. The van der Waals surface area contributed by atoms with Crippen LogP contribution in [0.4, 0.5) is 0 Å². The molecule has 166 valence electrons. The lowest BCUT2D eigenvalue weighted by molar-refractivity contribution is -0.123. The van der Waals surface area contributed by atoms with Gasteiger partial charge in [0.05, 0.1) is 30.2 Å². The molecule has 1 atom stereocenters. The van der Waals surface area contributed by atoms with Crippen LogP contribution in [-0.2, 0) is 9.53 Å². The number of hydrogen-bond acceptors (Lipinski definition) is 7. The maximum absolute atomic E-state index is 12.9. The van der Waals surface area contributed by atoms with E-state index in [2.05, 4.69) is 0 Å². The zero-order valence-electron chi connectivity index (χ0n) is 17.8. The molecule has 4 rings (SSSR count). The molecule has 0 aromatic heterocycles. The molecule has 2 aromatic carbocycles. The minimum absolute atomic E-state index is 0.0409. The number of carbonyl (C=O) groups is 2. The standard InChI is InChI=1S/C24H23NO5S2/c1-15-6-3-4-8-18(15)23(27)30-19-10-9-16(12-20(19)28-2)13-21-22(26)25(24(31)32-21)14-17-7-5-11-29-17/h3-4,6,8-10,12-13,17H,5,7,11,14H2,1-2H3. The number of carbonyl (C=O) groups excluding carboxylic acids is 2. The zero-order valence-corrected chi connectivity index (χ0v) is 19.5. The highest BCUT2D eigenvalue weighted by Crippen LogP contribution is 2.35. The lowest BCUT2D eigenvalue weighted by Crippen LogP contribution is -2.35. The third kappa shape index (κ3) is 4.87. The normalized spacial score (nSPS) is 19.6. The van der Waals surface area contributed by atoms with Gasteiger partial charge in [0.1, 0.15) is 4.32 Å². The van der Waals surface area contributed by atoms with E-state index in [9.17, 15) is 9.59 Å². The first-order valence-corrected chi connectivity index (χ1v) is 11.5. The van der Waals surface area contributed by atoms with Gasteiger partial charge >= 0.3 is 5.97 Å². The fourth-order valence-electron chi connectivity index (χ4n) is 3.62. The van der Waals surface area contributed by atoms with E-state index < -0.39 is 5.97 Å². The van der Waals surface area contributed by atoms with Crippen molar-refractivity contribution < 1.29 is 23.8 Å². The van der Waals surface area contributed by atoms with Crippen LogP contribution < -0.4 is 9.47 Å². The summed E-state index contributed by atoms with van der Waals surface area (Å²) in [6.07, 6.45) is 3.76. The van der Waals surface area contributed by atoms with Crippen molar-refractivity contribution >= 4 is 46.3 Å². The number of thiocarbonyl (C=S) groups is 1. The molecule has 2 saturated heterocycles. The average Bonchev–Trinajstić information content (AvgIpc) is 3.39. The van der Waals surface area contributed by atoms with Crippen LogP contribution in [0.5, 0.6) is 11.5 Å². The number of hydrogen-bond donors (Lipinski definition) is 0. The van der Waals surface area contributed by atoms with E-state index in [0.29, 0.717) is 32.8 Å². The highest BCUT2D eigenvalue weighted by atomic mass is 32.2. The lowest BCUT2D eigenvalue weighted by Gasteiger charge is -2.18. The topological polar surface area (TPSA) is 65.1 Å². The molecule has 0 bridgehead atoms. The predicted molar refractivity (Wildman–Crippen MR) is 128 cm³/mol. The fourth-order valence-corrected chi connectivity index (χ4v) is 4.89. The number of amides is 1. The van der Waals surface area contributed by atoms with Gasteiger partial charge < -0.3 is 14.2 Å². The molecule has 6 nitrogen and oxygen atoms in total. The molecule has 2 aliphatic heterocycles. The molecule has 0 N–H and O–H groups in total. The summed E-state index contributed by atoms with van der Waals surface area (Å²) in [6, 6.07) is 12.4. The molecule has 2 aromatic rings. The fraction of sp³-hybridized carbons (Fsp3) is 0.292. The van der Waals surface area contributed by atoms with Crippen LogP contribution >= 0.6 is 24.0 Å². The molecule has 2 fully saturated rings. The Hall–Kier alpha value is -2.68. The first-order chi connectivity index (χ1) is 15.5. The SMILES string of the molecule is COc1cc(C=C2SC(=S)N(CC3CCCO3)C2=O)ccc1OC(=O)c1ccccc1C. The third-order valence-corrected chi connectivity index (χ3v) is 6.71. The Labute approximate surface area is 196 Å². The maximum Gasteiger partial charge on any atom is 0.343 e. The number of esters is 1. The number of methoxy groups -OCH3 is 1. The maximum atomic E-state index is 12.9. The molecule has 0 spiro atoms. The van der Waals surface area contributed by atoms with Gasteiger partial charge in [-0.15, -0.1) is 0 Å². The Morgan fingerprint density at radius 3 is 2.81 bits per heavy atom. The number of benzene rings is 2. The van der Waals surface area contributed by atoms with Gasteiger partial charge in [-0.05, 0) is 55.2 Å². The van der Waals surface area contributed by atoms with Gasteiger partial charge in [0, 0.05) is 6.61 Å². The summed E-state index contributed by atoms with van der Waals surface area (Å²) in [4.78, 5) is 27.6. The number of aryl methyl sites for hydroxylation is 1. The summed E-state index contributed by atoms with van der Waals surface area (Å²) in [7, 11) is 1.51. The van der Waals surface area contributed by atoms with E-state index in [4.69, 9.17) is 26.4 Å². The number of rotatable bonds is 6. The van der Waals surface area contributed by atoms with E-state index in [1.807, 2.05) is 19.1 Å². The van der Waals surface area contributed by atoms with Crippen molar-refractivity contribution in [3.8, 4) is 11.5 Å². The van der Waals surface area contributed by atoms with Gasteiger partial charge in [0.15, 0.2) is 11.5 Å². The van der Waals surface area contributed by atoms with Crippen LogP contribution in [0.2, 0.25) is 0 Å². The number of ether oxygens (including phenoxy) is 3. The third-order valence-electron chi connectivity index (χ3n) is 5.34. The quantitative estimate of drug-likeness (QED) is 0.265. The summed E-state index contributed by atoms with van der Waals surface area (Å²) in [6.45, 7) is 3.07. The van der Waals surface area contributed by atoms with E-state index in [1.54, 1.807) is 41.3 Å². The van der Waals surface area contributed by atoms with Crippen molar-refractivity contribution in [2.75, 3.05) is 20.3 Å². The monoisotopic (exact) mass is 469 g/mol. The van der Waals surface area contributed by atoms with Crippen LogP contribution in [0, 0.1) is 6.92 Å². The highest BCUT2D eigenvalue weighted by molar-refractivity contribution is 8.26. The van der Waals surface area contributed by atoms with Crippen molar-refractivity contribution in [2.24, 2.45) is 0 Å². The lowest BCUT2D eigenvalue weighted by atomic mass is 10.1. The molecule has 0 radical (unpaired) electrons. The van der Waals surface area contributed by atoms with Crippen molar-refractivity contribution in [1.29, 1.82) is 0 Å². The summed E-state index contributed by atoms with van der Waals surface area (Å²) >= 11 is 6.68. The number of nitrogens with zero attached hydrogens (tertiary/aromatic N) is 1. The van der Waals surface area contributed by atoms with Crippen LogP contribution in [0.3, 0.4) is 0 Å². The van der Waals surface area contributed by atoms with Gasteiger partial charge in [0.25, 0.3) is 5.91 Å². The highest BCUT2D eigenvalue weighted by Gasteiger charge is 2.34. The van der Waals surface area contributed by atoms with E-state index in [0.717, 1.165) is 30.6 Å². The summed E-state index contributed by atoms with van der Waals surface area (Å²) in [5.74, 6) is 0.132. The van der Waals surface area contributed by atoms with E-state index in [-0.39, 0.29) is 12.0 Å². The molecule has 2 heterocycles. The molecule has 32 heavy (non-hydrogen) atoms. The second kappa shape index (κ2) is 9.85. The van der Waals surface area contributed by atoms with Gasteiger partial charge in [-0.1, -0.05) is 48.2 Å². The van der Waals surface area contributed by atoms with Crippen molar-refractivity contribution in [3.05, 3.63) is 64.1 Å². The predicted octanol–water partition coefficient (Wildman–Crippen LogP) is 4.60.